The molecule has 1 aliphatic rings. The number of hydrogen-bond acceptors (Lipinski definition) is 2. The van der Waals surface area contributed by atoms with Gasteiger partial charge in [0.1, 0.15) is 5.82 Å². The summed E-state index contributed by atoms with van der Waals surface area (Å²) < 4.78 is 19.1. The van der Waals surface area contributed by atoms with E-state index in [2.05, 4.69) is 27.9 Å². The minimum absolute atomic E-state index is 0.190. The Hall–Kier alpha value is -0.360. The third-order valence-electron chi connectivity index (χ3n) is 2.81. The second-order valence-corrected chi connectivity index (χ2v) is 5.33. The minimum atomic E-state index is -0.190. The van der Waals surface area contributed by atoms with Gasteiger partial charge in [-0.15, -0.1) is 0 Å². The summed E-state index contributed by atoms with van der Waals surface area (Å²) in [5.74, 6) is 0.519. The van der Waals surface area contributed by atoms with Gasteiger partial charge in [-0.1, -0.05) is 0 Å². The van der Waals surface area contributed by atoms with Gasteiger partial charge in [-0.25, -0.2) is 4.39 Å². The van der Waals surface area contributed by atoms with Crippen LogP contribution >= 0.6 is 22.6 Å². The Morgan fingerprint density at radius 2 is 2.31 bits per heavy atom. The summed E-state index contributed by atoms with van der Waals surface area (Å²) in [6.07, 6.45) is 2.53. The molecule has 88 valence electrons. The van der Waals surface area contributed by atoms with Crippen molar-refractivity contribution in [2.75, 3.05) is 19.0 Å². The van der Waals surface area contributed by atoms with E-state index < -0.39 is 0 Å². The van der Waals surface area contributed by atoms with Crippen molar-refractivity contribution in [3.8, 4) is 0 Å². The fourth-order valence-electron chi connectivity index (χ4n) is 1.78. The summed E-state index contributed by atoms with van der Waals surface area (Å²) >= 11 is 2.15. The van der Waals surface area contributed by atoms with Crippen LogP contribution in [-0.2, 0) is 4.74 Å². The molecule has 1 aliphatic carbocycles. The number of hydrogen-bond donors (Lipinski definition) is 1. The Labute approximate surface area is 109 Å². The maximum Gasteiger partial charge on any atom is 0.124 e. The molecule has 4 heteroatoms. The molecule has 1 fully saturated rings. The summed E-state index contributed by atoms with van der Waals surface area (Å²) in [6.45, 7) is 0.706. The first kappa shape index (κ1) is 12.1. The van der Waals surface area contributed by atoms with E-state index in [0.717, 1.165) is 9.26 Å². The first-order valence-electron chi connectivity index (χ1n) is 5.41. The highest BCUT2D eigenvalue weighted by Gasteiger charge is 2.31. The summed E-state index contributed by atoms with van der Waals surface area (Å²) in [5.41, 5.74) is 0.996. The number of ether oxygens (including phenoxy) is 1. The Morgan fingerprint density at radius 3 is 2.88 bits per heavy atom. The van der Waals surface area contributed by atoms with Crippen LogP contribution < -0.4 is 5.32 Å². The van der Waals surface area contributed by atoms with E-state index in [4.69, 9.17) is 4.74 Å². The largest absolute Gasteiger partial charge is 0.383 e. The molecule has 0 radical (unpaired) electrons. The predicted octanol–water partition coefficient (Wildman–Crippen LogP) is 3.27. The van der Waals surface area contributed by atoms with Crippen molar-refractivity contribution in [2.45, 2.75) is 18.9 Å². The number of halogens is 2. The summed E-state index contributed by atoms with van der Waals surface area (Å²) in [4.78, 5) is 0. The van der Waals surface area contributed by atoms with Gasteiger partial charge in [0.05, 0.1) is 12.6 Å². The lowest BCUT2D eigenvalue weighted by Gasteiger charge is -2.19. The van der Waals surface area contributed by atoms with Crippen LogP contribution in [0.15, 0.2) is 18.2 Å². The molecule has 0 bridgehead atoms. The Kier molecular flexibility index (Phi) is 4.02. The minimum Gasteiger partial charge on any atom is -0.383 e. The first-order chi connectivity index (χ1) is 7.70. The Bertz CT molecular complexity index is 368. The highest BCUT2D eigenvalue weighted by atomic mass is 127. The van der Waals surface area contributed by atoms with Gasteiger partial charge in [-0.2, -0.15) is 0 Å². The molecule has 1 aromatic carbocycles. The summed E-state index contributed by atoms with van der Waals surface area (Å²) in [6, 6.07) is 5.17. The van der Waals surface area contributed by atoms with E-state index >= 15 is 0 Å². The molecule has 1 atom stereocenters. The zero-order chi connectivity index (χ0) is 11.5. The first-order valence-corrected chi connectivity index (χ1v) is 6.49. The van der Waals surface area contributed by atoms with Crippen LogP contribution in [0.25, 0.3) is 0 Å². The van der Waals surface area contributed by atoms with Crippen molar-refractivity contribution in [1.82, 2.24) is 0 Å². The average molecular weight is 335 g/mol. The van der Waals surface area contributed by atoms with Gasteiger partial charge < -0.3 is 10.1 Å². The average Bonchev–Trinajstić information content (AvgIpc) is 3.04. The van der Waals surface area contributed by atoms with Crippen LogP contribution in [0.5, 0.6) is 0 Å². The fourth-order valence-corrected chi connectivity index (χ4v) is 2.41. The van der Waals surface area contributed by atoms with Crippen LogP contribution in [0.3, 0.4) is 0 Å². The van der Waals surface area contributed by atoms with Crippen LogP contribution in [0.4, 0.5) is 10.1 Å². The number of rotatable bonds is 5. The molecule has 1 N–H and O–H groups in total. The van der Waals surface area contributed by atoms with Crippen molar-refractivity contribution in [2.24, 2.45) is 5.92 Å². The zero-order valence-electron chi connectivity index (χ0n) is 9.17. The number of methoxy groups -OCH3 is 1. The molecule has 1 unspecified atom stereocenters. The highest BCUT2D eigenvalue weighted by molar-refractivity contribution is 14.1. The molecule has 0 aromatic heterocycles. The monoisotopic (exact) mass is 335 g/mol. The lowest BCUT2D eigenvalue weighted by atomic mass is 10.2. The quantitative estimate of drug-likeness (QED) is 0.834. The molecule has 0 saturated heterocycles. The third kappa shape index (κ3) is 3.07. The predicted molar refractivity (Wildman–Crippen MR) is 71.1 cm³/mol. The van der Waals surface area contributed by atoms with Gasteiger partial charge >= 0.3 is 0 Å². The molecule has 2 nitrogen and oxygen atoms in total. The van der Waals surface area contributed by atoms with Gasteiger partial charge in [-0.3, -0.25) is 0 Å². The van der Waals surface area contributed by atoms with E-state index in [1.807, 2.05) is 0 Å². The van der Waals surface area contributed by atoms with Crippen molar-refractivity contribution in [3.63, 3.8) is 0 Å². The number of benzene rings is 1. The molecule has 1 aromatic rings. The van der Waals surface area contributed by atoms with Crippen molar-refractivity contribution in [3.05, 3.63) is 27.6 Å². The SMILES string of the molecule is COCC(Nc1ccc(F)cc1I)C1CC1. The van der Waals surface area contributed by atoms with E-state index in [0.29, 0.717) is 18.6 Å². The number of nitrogens with one attached hydrogen (secondary N) is 1. The van der Waals surface area contributed by atoms with Crippen molar-refractivity contribution in [1.29, 1.82) is 0 Å². The van der Waals surface area contributed by atoms with E-state index in [-0.39, 0.29) is 5.82 Å². The molecule has 2 rings (SSSR count). The van der Waals surface area contributed by atoms with Crippen LogP contribution in [0.1, 0.15) is 12.8 Å². The number of anilines is 1. The molecule has 1 saturated carbocycles. The Morgan fingerprint density at radius 1 is 1.56 bits per heavy atom. The van der Waals surface area contributed by atoms with Gasteiger partial charge in [0.25, 0.3) is 0 Å². The molecule has 0 amide bonds. The maximum absolute atomic E-state index is 12.9. The van der Waals surface area contributed by atoms with Gasteiger partial charge in [0, 0.05) is 16.4 Å². The van der Waals surface area contributed by atoms with Crippen LogP contribution in [0, 0.1) is 15.3 Å². The maximum atomic E-state index is 12.9. The molecule has 0 spiro atoms. The molecule has 16 heavy (non-hydrogen) atoms. The van der Waals surface area contributed by atoms with Gasteiger partial charge in [0.2, 0.25) is 0 Å². The van der Waals surface area contributed by atoms with Gasteiger partial charge in [0.15, 0.2) is 0 Å². The zero-order valence-corrected chi connectivity index (χ0v) is 11.3. The van der Waals surface area contributed by atoms with Crippen molar-refractivity contribution >= 4 is 28.3 Å². The lowest BCUT2D eigenvalue weighted by molar-refractivity contribution is 0.179. The standard InChI is InChI=1S/C12H15FINO/c1-16-7-12(8-2-3-8)15-11-5-4-9(13)6-10(11)14/h4-6,8,12,15H,2-3,7H2,1H3. The lowest BCUT2D eigenvalue weighted by Crippen LogP contribution is -2.27. The second kappa shape index (κ2) is 5.31. The van der Waals surface area contributed by atoms with Gasteiger partial charge in [-0.05, 0) is 59.5 Å². The van der Waals surface area contributed by atoms with E-state index in [1.54, 1.807) is 19.2 Å². The summed E-state index contributed by atoms with van der Waals surface area (Å²) in [7, 11) is 1.71. The topological polar surface area (TPSA) is 21.3 Å². The summed E-state index contributed by atoms with van der Waals surface area (Å²) in [5, 5.41) is 3.44. The second-order valence-electron chi connectivity index (χ2n) is 4.17. The van der Waals surface area contributed by atoms with Crippen LogP contribution in [-0.4, -0.2) is 19.8 Å². The third-order valence-corrected chi connectivity index (χ3v) is 3.70. The molecular weight excluding hydrogens is 320 g/mol. The van der Waals surface area contributed by atoms with Crippen molar-refractivity contribution < 1.29 is 9.13 Å². The molecular formula is C12H15FINO. The smallest absolute Gasteiger partial charge is 0.124 e. The highest BCUT2D eigenvalue weighted by Crippen LogP contribution is 2.35. The molecule has 0 heterocycles. The van der Waals surface area contributed by atoms with E-state index in [9.17, 15) is 4.39 Å². The normalized spacial score (nSPS) is 17.2. The molecule has 0 aliphatic heterocycles. The van der Waals surface area contributed by atoms with Crippen LogP contribution in [0.2, 0.25) is 0 Å². The Balaban J connectivity index is 2.05. The fraction of sp³-hybridized carbons (Fsp3) is 0.500. The van der Waals surface area contributed by atoms with E-state index in [1.165, 1.54) is 18.9 Å².